The SMILES string of the molecule is C=N/C(=C(/CC)SCNc1nc(-c2cccnc2)nc2ccc(OC)cc12)c1ccccc1. The van der Waals surface area contributed by atoms with Gasteiger partial charge in [0.15, 0.2) is 5.82 Å². The third-order valence-corrected chi connectivity index (χ3v) is 6.22. The number of rotatable bonds is 9. The number of hydrogen-bond acceptors (Lipinski definition) is 7. The number of nitrogens with one attached hydrogen (secondary N) is 1. The van der Waals surface area contributed by atoms with Crippen LogP contribution in [-0.4, -0.2) is 34.7 Å². The maximum atomic E-state index is 5.42. The van der Waals surface area contributed by atoms with E-state index in [1.165, 1.54) is 0 Å². The van der Waals surface area contributed by atoms with Gasteiger partial charge in [-0.3, -0.25) is 9.98 Å². The lowest BCUT2D eigenvalue weighted by atomic mass is 10.1. The molecule has 7 heteroatoms. The Hall–Kier alpha value is -3.71. The summed E-state index contributed by atoms with van der Waals surface area (Å²) in [6.07, 6.45) is 4.36. The minimum atomic E-state index is 0.616. The summed E-state index contributed by atoms with van der Waals surface area (Å²) in [6, 6.07) is 19.8. The lowest BCUT2D eigenvalue weighted by Crippen LogP contribution is -2.04. The quantitative estimate of drug-likeness (QED) is 0.236. The van der Waals surface area contributed by atoms with Crippen molar-refractivity contribution < 1.29 is 4.74 Å². The summed E-state index contributed by atoms with van der Waals surface area (Å²) in [6.45, 7) is 5.92. The maximum Gasteiger partial charge on any atom is 0.163 e. The van der Waals surface area contributed by atoms with Crippen LogP contribution >= 0.6 is 11.8 Å². The number of benzene rings is 2. The highest BCUT2D eigenvalue weighted by molar-refractivity contribution is 8.03. The van der Waals surface area contributed by atoms with E-state index in [0.717, 1.165) is 50.6 Å². The van der Waals surface area contributed by atoms with Crippen LogP contribution in [0.3, 0.4) is 0 Å². The van der Waals surface area contributed by atoms with E-state index in [4.69, 9.17) is 14.7 Å². The summed E-state index contributed by atoms with van der Waals surface area (Å²) in [4.78, 5) is 19.2. The van der Waals surface area contributed by atoms with Crippen molar-refractivity contribution in [3.63, 3.8) is 0 Å². The van der Waals surface area contributed by atoms with Crippen LogP contribution in [0.2, 0.25) is 0 Å². The number of allylic oxidation sites excluding steroid dienone is 1. The van der Waals surface area contributed by atoms with E-state index >= 15 is 0 Å². The molecule has 6 nitrogen and oxygen atoms in total. The minimum absolute atomic E-state index is 0.616. The number of ether oxygens (including phenoxy) is 1. The lowest BCUT2D eigenvalue weighted by Gasteiger charge is -2.14. The molecule has 2 aromatic heterocycles. The first-order valence-corrected chi connectivity index (χ1v) is 11.6. The number of thioether (sulfide) groups is 1. The first kappa shape index (κ1) is 22.5. The molecule has 0 aliphatic rings. The molecule has 0 saturated heterocycles. The maximum absolute atomic E-state index is 5.42. The highest BCUT2D eigenvalue weighted by Crippen LogP contribution is 2.32. The van der Waals surface area contributed by atoms with Crippen molar-refractivity contribution in [3.05, 3.63) is 83.5 Å². The Morgan fingerprint density at radius 3 is 2.64 bits per heavy atom. The normalized spacial score (nSPS) is 11.7. The molecule has 2 aromatic carbocycles. The van der Waals surface area contributed by atoms with Gasteiger partial charge in [0, 0.05) is 33.8 Å². The van der Waals surface area contributed by atoms with Gasteiger partial charge in [0.25, 0.3) is 0 Å². The zero-order valence-electron chi connectivity index (χ0n) is 18.7. The molecule has 0 unspecified atom stereocenters. The molecule has 0 saturated carbocycles. The van der Waals surface area contributed by atoms with Crippen molar-refractivity contribution in [3.8, 4) is 17.1 Å². The van der Waals surface area contributed by atoms with Gasteiger partial charge in [-0.25, -0.2) is 9.97 Å². The Kier molecular flexibility index (Phi) is 7.32. The van der Waals surface area contributed by atoms with E-state index < -0.39 is 0 Å². The minimum Gasteiger partial charge on any atom is -0.497 e. The average molecular weight is 456 g/mol. The van der Waals surface area contributed by atoms with Gasteiger partial charge >= 0.3 is 0 Å². The van der Waals surface area contributed by atoms with E-state index in [9.17, 15) is 0 Å². The molecule has 0 aliphatic heterocycles. The standard InChI is InChI=1S/C26H25N5OS/c1-4-23(24(27-2)18-9-6-5-7-10-18)33-17-29-26-21-15-20(32-3)12-13-22(21)30-25(31-26)19-11-8-14-28-16-19/h5-16H,2,4,17H2,1,3H3,(H,29,30,31)/b24-23-. The summed E-state index contributed by atoms with van der Waals surface area (Å²) < 4.78 is 5.42. The van der Waals surface area contributed by atoms with Crippen LogP contribution in [0.1, 0.15) is 18.9 Å². The van der Waals surface area contributed by atoms with Crippen molar-refractivity contribution in [2.24, 2.45) is 4.99 Å². The van der Waals surface area contributed by atoms with E-state index in [2.05, 4.69) is 41.1 Å². The van der Waals surface area contributed by atoms with Crippen molar-refractivity contribution in [2.45, 2.75) is 13.3 Å². The summed E-state index contributed by atoms with van der Waals surface area (Å²) in [5.41, 5.74) is 3.67. The van der Waals surface area contributed by atoms with Gasteiger partial charge in [-0.2, -0.15) is 0 Å². The molecule has 166 valence electrons. The molecular formula is C26H25N5OS. The second kappa shape index (κ2) is 10.7. The molecule has 0 spiro atoms. The van der Waals surface area contributed by atoms with Gasteiger partial charge in [-0.05, 0) is 43.5 Å². The first-order chi connectivity index (χ1) is 16.2. The number of anilines is 1. The van der Waals surface area contributed by atoms with E-state index in [1.54, 1.807) is 31.3 Å². The molecular weight excluding hydrogens is 430 g/mol. The fourth-order valence-corrected chi connectivity index (χ4v) is 4.37. The highest BCUT2D eigenvalue weighted by atomic mass is 32.2. The van der Waals surface area contributed by atoms with Crippen molar-refractivity contribution >= 4 is 40.9 Å². The van der Waals surface area contributed by atoms with Gasteiger partial charge in [0.2, 0.25) is 0 Å². The predicted molar refractivity (Wildman–Crippen MR) is 139 cm³/mol. The number of hydrogen-bond donors (Lipinski definition) is 1. The largest absolute Gasteiger partial charge is 0.497 e. The molecule has 0 radical (unpaired) electrons. The first-order valence-electron chi connectivity index (χ1n) is 10.6. The number of pyridine rings is 1. The molecule has 0 aliphatic carbocycles. The van der Waals surface area contributed by atoms with Crippen LogP contribution in [0, 0.1) is 0 Å². The molecule has 4 aromatic rings. The van der Waals surface area contributed by atoms with E-state index in [0.29, 0.717) is 11.7 Å². The van der Waals surface area contributed by atoms with E-state index in [1.807, 2.05) is 48.5 Å². The van der Waals surface area contributed by atoms with Crippen LogP contribution < -0.4 is 10.1 Å². The third-order valence-electron chi connectivity index (χ3n) is 5.10. The number of aromatic nitrogens is 3. The number of fused-ring (bicyclic) bond motifs is 1. The van der Waals surface area contributed by atoms with Gasteiger partial charge in [0.1, 0.15) is 11.6 Å². The smallest absolute Gasteiger partial charge is 0.163 e. The van der Waals surface area contributed by atoms with Crippen LogP contribution in [0.15, 0.2) is 83.0 Å². The average Bonchev–Trinajstić information content (AvgIpc) is 2.88. The fourth-order valence-electron chi connectivity index (χ4n) is 3.46. The van der Waals surface area contributed by atoms with Crippen LogP contribution in [-0.2, 0) is 0 Å². The molecule has 33 heavy (non-hydrogen) atoms. The predicted octanol–water partition coefficient (Wildman–Crippen LogP) is 6.28. The summed E-state index contributed by atoms with van der Waals surface area (Å²) >= 11 is 1.69. The Morgan fingerprint density at radius 1 is 1.09 bits per heavy atom. The third kappa shape index (κ3) is 5.21. The molecule has 0 fully saturated rings. The molecule has 4 rings (SSSR count). The molecule has 1 N–H and O–H groups in total. The zero-order valence-corrected chi connectivity index (χ0v) is 19.5. The summed E-state index contributed by atoms with van der Waals surface area (Å²) in [7, 11) is 1.65. The Morgan fingerprint density at radius 2 is 1.94 bits per heavy atom. The van der Waals surface area contributed by atoms with Gasteiger partial charge in [-0.1, -0.05) is 37.3 Å². The monoisotopic (exact) mass is 455 g/mol. The van der Waals surface area contributed by atoms with Crippen molar-refractivity contribution in [1.82, 2.24) is 15.0 Å². The fraction of sp³-hybridized carbons (Fsp3) is 0.154. The second-order valence-electron chi connectivity index (χ2n) is 7.14. The van der Waals surface area contributed by atoms with Crippen LogP contribution in [0.25, 0.3) is 28.0 Å². The topological polar surface area (TPSA) is 72.3 Å². The summed E-state index contributed by atoms with van der Waals surface area (Å²) in [5.74, 6) is 2.74. The molecule has 0 bridgehead atoms. The highest BCUT2D eigenvalue weighted by Gasteiger charge is 2.12. The van der Waals surface area contributed by atoms with E-state index in [-0.39, 0.29) is 0 Å². The molecule has 0 amide bonds. The Bertz CT molecular complexity index is 1280. The summed E-state index contributed by atoms with van der Waals surface area (Å²) in [5, 5.41) is 4.38. The molecule has 2 heterocycles. The number of aliphatic imine (C=N–C) groups is 1. The van der Waals surface area contributed by atoms with Crippen molar-refractivity contribution in [2.75, 3.05) is 18.3 Å². The second-order valence-corrected chi connectivity index (χ2v) is 8.21. The zero-order chi connectivity index (χ0) is 23.0. The number of nitrogens with zero attached hydrogens (tertiary/aromatic N) is 4. The Labute approximate surface area is 197 Å². The Balaban J connectivity index is 1.65. The van der Waals surface area contributed by atoms with Gasteiger partial charge in [-0.15, -0.1) is 11.8 Å². The van der Waals surface area contributed by atoms with Crippen molar-refractivity contribution in [1.29, 1.82) is 0 Å². The van der Waals surface area contributed by atoms with Crippen LogP contribution in [0.5, 0.6) is 5.75 Å². The molecule has 0 atom stereocenters. The van der Waals surface area contributed by atoms with Gasteiger partial charge in [0.05, 0.1) is 24.2 Å². The van der Waals surface area contributed by atoms with Crippen LogP contribution in [0.4, 0.5) is 5.82 Å². The number of methoxy groups -OCH3 is 1. The van der Waals surface area contributed by atoms with Gasteiger partial charge < -0.3 is 10.1 Å². The lowest BCUT2D eigenvalue weighted by molar-refractivity contribution is 0.415.